The molecular formula is C55H39N3O. The van der Waals surface area contributed by atoms with Gasteiger partial charge >= 0.3 is 0 Å². The van der Waals surface area contributed by atoms with Gasteiger partial charge in [-0.25, -0.2) is 9.98 Å². The van der Waals surface area contributed by atoms with Crippen LogP contribution in [0.5, 0.6) is 0 Å². The maximum atomic E-state index is 6.55. The molecule has 2 aliphatic carbocycles. The predicted octanol–water partition coefficient (Wildman–Crippen LogP) is 13.6. The molecule has 0 radical (unpaired) electrons. The number of aliphatic imine (C=N–C) groups is 2. The SMILES string of the molecule is C#C/C=C\C(=C/C)c1ccc(C2=C=CC(C3C=CC=CC3)=NC(C3=Cc4c(oc5cccc(-c6ccc(-c7ccc8c(ccc9ccccc98)c7)nc6)c45)CC3)=N2)cc1. The van der Waals surface area contributed by atoms with Gasteiger partial charge in [0.15, 0.2) is 5.84 Å². The molecule has 0 amide bonds. The summed E-state index contributed by atoms with van der Waals surface area (Å²) in [5.74, 6) is 4.42. The highest BCUT2D eigenvalue weighted by molar-refractivity contribution is 6.16. The molecule has 0 fully saturated rings. The van der Waals surface area contributed by atoms with Gasteiger partial charge in [0.25, 0.3) is 0 Å². The lowest BCUT2D eigenvalue weighted by Gasteiger charge is -2.16. The summed E-state index contributed by atoms with van der Waals surface area (Å²) >= 11 is 0. The molecule has 3 aliphatic rings. The molecule has 0 N–H and O–H groups in total. The van der Waals surface area contributed by atoms with E-state index in [4.69, 9.17) is 25.8 Å². The molecule has 5 aromatic carbocycles. The lowest BCUT2D eigenvalue weighted by Crippen LogP contribution is -2.14. The highest BCUT2D eigenvalue weighted by atomic mass is 16.3. The number of furan rings is 1. The number of aromatic nitrogens is 1. The molecule has 4 heteroatoms. The van der Waals surface area contributed by atoms with Crippen LogP contribution in [0.15, 0.2) is 190 Å². The van der Waals surface area contributed by atoms with Gasteiger partial charge in [0, 0.05) is 52.3 Å². The first-order valence-corrected chi connectivity index (χ1v) is 20.1. The second-order valence-corrected chi connectivity index (χ2v) is 15.0. The maximum absolute atomic E-state index is 6.55. The van der Waals surface area contributed by atoms with Crippen molar-refractivity contribution in [3.63, 3.8) is 0 Å². The Balaban J connectivity index is 1.01. The van der Waals surface area contributed by atoms with E-state index in [1.807, 2.05) is 25.3 Å². The lowest BCUT2D eigenvalue weighted by atomic mass is 9.92. The van der Waals surface area contributed by atoms with Crippen LogP contribution in [0.3, 0.4) is 0 Å². The van der Waals surface area contributed by atoms with E-state index in [1.54, 1.807) is 6.08 Å². The second-order valence-electron chi connectivity index (χ2n) is 15.0. The van der Waals surface area contributed by atoms with Crippen LogP contribution in [-0.2, 0) is 6.42 Å². The van der Waals surface area contributed by atoms with E-state index in [1.165, 1.54) is 21.5 Å². The second kappa shape index (κ2) is 15.4. The molecule has 2 aromatic heterocycles. The molecule has 0 saturated carbocycles. The summed E-state index contributed by atoms with van der Waals surface area (Å²) in [5.41, 5.74) is 15.5. The number of allylic oxidation sites excluding steroid dienone is 9. The first-order valence-electron chi connectivity index (χ1n) is 20.1. The Morgan fingerprint density at radius 1 is 0.831 bits per heavy atom. The zero-order valence-electron chi connectivity index (χ0n) is 32.7. The summed E-state index contributed by atoms with van der Waals surface area (Å²) in [5, 5.41) is 6.04. The summed E-state index contributed by atoms with van der Waals surface area (Å²) < 4.78 is 6.55. The number of pyridine rings is 1. The van der Waals surface area contributed by atoms with Gasteiger partial charge in [0.1, 0.15) is 17.0 Å². The Morgan fingerprint density at radius 3 is 2.51 bits per heavy atom. The molecule has 10 rings (SSSR count). The number of terminal acetylenes is 1. The highest BCUT2D eigenvalue weighted by Crippen LogP contribution is 2.40. The number of benzene rings is 5. The van der Waals surface area contributed by atoms with Crippen LogP contribution >= 0.6 is 0 Å². The molecule has 3 heterocycles. The first kappa shape index (κ1) is 35.8. The third-order valence-corrected chi connectivity index (χ3v) is 11.5. The topological polar surface area (TPSA) is 50.8 Å². The average Bonchev–Trinajstić information content (AvgIpc) is 3.53. The van der Waals surface area contributed by atoms with Crippen molar-refractivity contribution in [2.24, 2.45) is 15.9 Å². The number of fused-ring (bicyclic) bond motifs is 6. The van der Waals surface area contributed by atoms with Crippen molar-refractivity contribution >= 4 is 61.4 Å². The summed E-state index contributed by atoms with van der Waals surface area (Å²) in [6.07, 6.45) is 28.4. The number of hydrogen-bond donors (Lipinski definition) is 0. The third kappa shape index (κ3) is 6.85. The van der Waals surface area contributed by atoms with Gasteiger partial charge < -0.3 is 4.42 Å². The van der Waals surface area contributed by atoms with Crippen LogP contribution in [0.25, 0.3) is 72.2 Å². The Kier molecular flexibility index (Phi) is 9.35. The lowest BCUT2D eigenvalue weighted by molar-refractivity contribution is 0.545. The minimum atomic E-state index is 0.144. The number of aryl methyl sites for hydroxylation is 1. The molecule has 1 aliphatic heterocycles. The summed E-state index contributed by atoms with van der Waals surface area (Å²) in [4.78, 5) is 15.5. The van der Waals surface area contributed by atoms with E-state index in [0.717, 1.165) is 97.6 Å². The molecule has 280 valence electrons. The predicted molar refractivity (Wildman–Crippen MR) is 247 cm³/mol. The van der Waals surface area contributed by atoms with Crippen molar-refractivity contribution in [1.29, 1.82) is 0 Å². The number of amidine groups is 1. The molecule has 59 heavy (non-hydrogen) atoms. The number of hydrogen-bond acceptors (Lipinski definition) is 4. The van der Waals surface area contributed by atoms with Crippen LogP contribution in [0.1, 0.15) is 42.2 Å². The molecule has 7 aromatic rings. The quantitative estimate of drug-likeness (QED) is 0.0704. The molecular weight excluding hydrogens is 719 g/mol. The molecule has 0 spiro atoms. The Morgan fingerprint density at radius 2 is 1.68 bits per heavy atom. The molecule has 1 unspecified atom stereocenters. The van der Waals surface area contributed by atoms with E-state index >= 15 is 0 Å². The van der Waals surface area contributed by atoms with E-state index in [-0.39, 0.29) is 5.92 Å². The molecule has 1 atom stereocenters. The minimum Gasteiger partial charge on any atom is -0.460 e. The van der Waals surface area contributed by atoms with Crippen molar-refractivity contribution in [2.45, 2.75) is 26.2 Å². The molecule has 4 nitrogen and oxygen atoms in total. The Labute approximate surface area is 344 Å². The average molecular weight is 758 g/mol. The molecule has 0 bridgehead atoms. The van der Waals surface area contributed by atoms with Gasteiger partial charge in [-0.2, -0.15) is 0 Å². The summed E-state index contributed by atoms with van der Waals surface area (Å²) in [6, 6.07) is 38.5. The highest BCUT2D eigenvalue weighted by Gasteiger charge is 2.25. The fourth-order valence-corrected chi connectivity index (χ4v) is 8.43. The van der Waals surface area contributed by atoms with Crippen molar-refractivity contribution in [1.82, 2.24) is 4.98 Å². The Bertz CT molecular complexity index is 3160. The van der Waals surface area contributed by atoms with E-state index < -0.39 is 0 Å². The number of nitrogens with zero attached hydrogens (tertiary/aromatic N) is 3. The van der Waals surface area contributed by atoms with Crippen molar-refractivity contribution in [3.8, 4) is 34.7 Å². The van der Waals surface area contributed by atoms with Gasteiger partial charge in [-0.15, -0.1) is 6.42 Å². The van der Waals surface area contributed by atoms with E-state index in [0.29, 0.717) is 5.84 Å². The summed E-state index contributed by atoms with van der Waals surface area (Å²) in [7, 11) is 0. The van der Waals surface area contributed by atoms with E-state index in [2.05, 4.69) is 157 Å². The number of rotatable bonds is 7. The minimum absolute atomic E-state index is 0.144. The monoisotopic (exact) mass is 757 g/mol. The Hall–Kier alpha value is -7.57. The maximum Gasteiger partial charge on any atom is 0.156 e. The van der Waals surface area contributed by atoms with Crippen LogP contribution < -0.4 is 0 Å². The van der Waals surface area contributed by atoms with E-state index in [9.17, 15) is 0 Å². The van der Waals surface area contributed by atoms with Gasteiger partial charge in [0.2, 0.25) is 0 Å². The van der Waals surface area contributed by atoms with Crippen molar-refractivity contribution < 1.29 is 4.42 Å². The third-order valence-electron chi connectivity index (χ3n) is 11.5. The van der Waals surface area contributed by atoms with Crippen LogP contribution in [0.2, 0.25) is 0 Å². The van der Waals surface area contributed by atoms with Crippen LogP contribution in [-0.4, -0.2) is 16.5 Å². The first-order chi connectivity index (χ1) is 29.1. The smallest absolute Gasteiger partial charge is 0.156 e. The van der Waals surface area contributed by atoms with Gasteiger partial charge in [-0.1, -0.05) is 133 Å². The normalized spacial score (nSPS) is 16.5. The van der Waals surface area contributed by atoms with Gasteiger partial charge in [-0.05, 0) is 100 Å². The van der Waals surface area contributed by atoms with Gasteiger partial charge in [-0.3, -0.25) is 4.98 Å². The summed E-state index contributed by atoms with van der Waals surface area (Å²) in [6.45, 7) is 2.02. The van der Waals surface area contributed by atoms with Crippen LogP contribution in [0.4, 0.5) is 0 Å². The largest absolute Gasteiger partial charge is 0.460 e. The zero-order valence-corrected chi connectivity index (χ0v) is 32.7. The fraction of sp³-hybridized carbons (Fsp3) is 0.0909. The zero-order chi connectivity index (χ0) is 39.7. The molecule has 0 saturated heterocycles. The van der Waals surface area contributed by atoms with Crippen molar-refractivity contribution in [3.05, 3.63) is 198 Å². The van der Waals surface area contributed by atoms with Crippen LogP contribution in [0, 0.1) is 18.3 Å². The van der Waals surface area contributed by atoms with Crippen molar-refractivity contribution in [2.75, 3.05) is 0 Å². The standard InChI is InChI=1S/C55H39N3O/c1-3-5-12-36(4-2)37-19-22-40(23-20-37)51-31-30-50(39-14-7-6-8-15-39)57-55(58-51)43-27-32-52-48(34-43)54-47(17-11-18-53(54)59-52)44-26-29-49(56-35-44)42-25-28-46-41(33-42)24-21-38-13-9-10-16-45(38)46/h1,4-14,16-26,28-30,33-35,39H,15,27,32H2,2H3/b12-5-,36-4+. The van der Waals surface area contributed by atoms with Gasteiger partial charge in [0.05, 0.1) is 11.4 Å². The fourth-order valence-electron chi connectivity index (χ4n) is 8.43.